The number of nitrogens with zero attached hydrogens (tertiary/aromatic N) is 1. The SMILES string of the molecule is CCC=CCCC1CCC(c2ccc(C#N)c(F)c2)CC1. The van der Waals surface area contributed by atoms with Gasteiger partial charge in [-0.1, -0.05) is 25.1 Å². The highest BCUT2D eigenvalue weighted by Crippen LogP contribution is 2.37. The lowest BCUT2D eigenvalue weighted by Crippen LogP contribution is -2.13. The Bertz CT molecular complexity index is 519. The molecule has 0 unspecified atom stereocenters. The molecule has 21 heavy (non-hydrogen) atoms. The van der Waals surface area contributed by atoms with Crippen LogP contribution in [-0.2, 0) is 0 Å². The predicted octanol–water partition coefficient (Wildman–Crippen LogP) is 5.72. The summed E-state index contributed by atoms with van der Waals surface area (Å²) in [4.78, 5) is 0. The number of hydrogen-bond donors (Lipinski definition) is 0. The highest BCUT2D eigenvalue weighted by atomic mass is 19.1. The highest BCUT2D eigenvalue weighted by molar-refractivity contribution is 5.34. The van der Waals surface area contributed by atoms with Crippen LogP contribution < -0.4 is 0 Å². The van der Waals surface area contributed by atoms with E-state index in [1.54, 1.807) is 12.1 Å². The largest absolute Gasteiger partial charge is 0.206 e. The van der Waals surface area contributed by atoms with E-state index in [-0.39, 0.29) is 11.4 Å². The van der Waals surface area contributed by atoms with Crippen molar-refractivity contribution < 1.29 is 4.39 Å². The summed E-state index contributed by atoms with van der Waals surface area (Å²) >= 11 is 0. The van der Waals surface area contributed by atoms with E-state index in [0.29, 0.717) is 5.92 Å². The smallest absolute Gasteiger partial charge is 0.141 e. The summed E-state index contributed by atoms with van der Waals surface area (Å²) in [5, 5.41) is 8.78. The van der Waals surface area contributed by atoms with Crippen LogP contribution in [0, 0.1) is 23.1 Å². The number of rotatable bonds is 5. The van der Waals surface area contributed by atoms with E-state index in [0.717, 1.165) is 30.7 Å². The average molecular weight is 285 g/mol. The second kappa shape index (κ2) is 7.98. The number of halogens is 1. The van der Waals surface area contributed by atoms with Gasteiger partial charge in [0.2, 0.25) is 0 Å². The normalized spacial score (nSPS) is 22.3. The molecule has 1 saturated carbocycles. The molecule has 0 radical (unpaired) electrons. The third kappa shape index (κ3) is 4.43. The van der Waals surface area contributed by atoms with E-state index >= 15 is 0 Å². The first-order chi connectivity index (χ1) is 10.2. The molecule has 2 heteroatoms. The minimum absolute atomic E-state index is 0.148. The van der Waals surface area contributed by atoms with E-state index in [2.05, 4.69) is 19.1 Å². The lowest BCUT2D eigenvalue weighted by Gasteiger charge is -2.28. The molecule has 112 valence electrons. The van der Waals surface area contributed by atoms with Gasteiger partial charge in [0.15, 0.2) is 0 Å². The minimum Gasteiger partial charge on any atom is -0.206 e. The summed E-state index contributed by atoms with van der Waals surface area (Å²) in [6.07, 6.45) is 12.9. The van der Waals surface area contributed by atoms with Crippen molar-refractivity contribution in [2.24, 2.45) is 5.92 Å². The predicted molar refractivity (Wildman–Crippen MR) is 84.5 cm³/mol. The fraction of sp³-hybridized carbons (Fsp3) is 0.526. The lowest BCUT2D eigenvalue weighted by molar-refractivity contribution is 0.311. The molecule has 0 N–H and O–H groups in total. The quantitative estimate of drug-likeness (QED) is 0.635. The maximum Gasteiger partial charge on any atom is 0.141 e. The topological polar surface area (TPSA) is 23.8 Å². The van der Waals surface area contributed by atoms with Gasteiger partial charge in [-0.05, 0) is 74.5 Å². The maximum atomic E-state index is 13.7. The number of allylic oxidation sites excluding steroid dienone is 2. The molecule has 0 spiro atoms. The van der Waals surface area contributed by atoms with Crippen molar-refractivity contribution in [1.82, 2.24) is 0 Å². The Morgan fingerprint density at radius 1 is 1.24 bits per heavy atom. The monoisotopic (exact) mass is 285 g/mol. The van der Waals surface area contributed by atoms with Gasteiger partial charge < -0.3 is 0 Å². The van der Waals surface area contributed by atoms with Crippen LogP contribution in [0.2, 0.25) is 0 Å². The second-order valence-electron chi connectivity index (χ2n) is 6.03. The third-order valence-corrected chi connectivity index (χ3v) is 4.58. The maximum absolute atomic E-state index is 13.7. The third-order valence-electron chi connectivity index (χ3n) is 4.58. The molecule has 0 aliphatic heterocycles. The molecular weight excluding hydrogens is 261 g/mol. The van der Waals surface area contributed by atoms with Crippen LogP contribution >= 0.6 is 0 Å². The van der Waals surface area contributed by atoms with E-state index in [9.17, 15) is 4.39 Å². The Morgan fingerprint density at radius 2 is 2.00 bits per heavy atom. The molecule has 0 amide bonds. The van der Waals surface area contributed by atoms with Gasteiger partial charge in [0.1, 0.15) is 11.9 Å². The zero-order valence-electron chi connectivity index (χ0n) is 12.8. The summed E-state index contributed by atoms with van der Waals surface area (Å²) in [6, 6.07) is 6.99. The highest BCUT2D eigenvalue weighted by Gasteiger charge is 2.22. The zero-order valence-corrected chi connectivity index (χ0v) is 12.8. The van der Waals surface area contributed by atoms with Gasteiger partial charge in [0.05, 0.1) is 5.56 Å². The van der Waals surface area contributed by atoms with Crippen LogP contribution in [0.3, 0.4) is 0 Å². The van der Waals surface area contributed by atoms with Gasteiger partial charge >= 0.3 is 0 Å². The zero-order chi connectivity index (χ0) is 15.1. The number of nitriles is 1. The Labute approximate surface area is 127 Å². The van der Waals surface area contributed by atoms with Crippen LogP contribution in [0.1, 0.15) is 68.9 Å². The Hall–Kier alpha value is -1.62. The van der Waals surface area contributed by atoms with E-state index in [4.69, 9.17) is 5.26 Å². The molecule has 2 rings (SSSR count). The summed E-state index contributed by atoms with van der Waals surface area (Å²) in [6.45, 7) is 2.17. The van der Waals surface area contributed by atoms with Crippen molar-refractivity contribution in [3.05, 3.63) is 47.3 Å². The molecule has 1 aromatic carbocycles. The molecular formula is C19H24FN. The van der Waals surface area contributed by atoms with Crippen LogP contribution in [0.15, 0.2) is 30.4 Å². The lowest BCUT2D eigenvalue weighted by atomic mass is 9.77. The van der Waals surface area contributed by atoms with Crippen molar-refractivity contribution in [1.29, 1.82) is 5.26 Å². The number of benzene rings is 1. The van der Waals surface area contributed by atoms with Crippen molar-refractivity contribution in [3.8, 4) is 6.07 Å². The van der Waals surface area contributed by atoms with Gasteiger partial charge in [-0.3, -0.25) is 0 Å². The van der Waals surface area contributed by atoms with E-state index in [1.165, 1.54) is 25.7 Å². The van der Waals surface area contributed by atoms with Crippen LogP contribution in [0.4, 0.5) is 4.39 Å². The van der Waals surface area contributed by atoms with Gasteiger partial charge in [-0.25, -0.2) is 4.39 Å². The second-order valence-corrected chi connectivity index (χ2v) is 6.03. The Kier molecular flexibility index (Phi) is 5.99. The average Bonchev–Trinajstić information content (AvgIpc) is 2.52. The van der Waals surface area contributed by atoms with Gasteiger partial charge in [0, 0.05) is 0 Å². The minimum atomic E-state index is -0.373. The molecule has 1 fully saturated rings. The first-order valence-electron chi connectivity index (χ1n) is 8.09. The number of hydrogen-bond acceptors (Lipinski definition) is 1. The van der Waals surface area contributed by atoms with Crippen molar-refractivity contribution in [2.75, 3.05) is 0 Å². The molecule has 0 atom stereocenters. The molecule has 0 aromatic heterocycles. The molecule has 0 saturated heterocycles. The Morgan fingerprint density at radius 3 is 2.62 bits per heavy atom. The summed E-state index contributed by atoms with van der Waals surface area (Å²) in [5.74, 6) is 0.919. The van der Waals surface area contributed by atoms with Gasteiger partial charge in [0.25, 0.3) is 0 Å². The fourth-order valence-electron chi connectivity index (χ4n) is 3.28. The van der Waals surface area contributed by atoms with E-state index in [1.807, 2.05) is 12.1 Å². The fourth-order valence-corrected chi connectivity index (χ4v) is 3.28. The summed E-state index contributed by atoms with van der Waals surface area (Å²) < 4.78 is 13.7. The molecule has 0 bridgehead atoms. The summed E-state index contributed by atoms with van der Waals surface area (Å²) in [7, 11) is 0. The van der Waals surface area contributed by atoms with Crippen molar-refractivity contribution in [3.63, 3.8) is 0 Å². The van der Waals surface area contributed by atoms with Crippen molar-refractivity contribution >= 4 is 0 Å². The standard InChI is InChI=1S/C19H24FN/c1-2-3-4-5-6-15-7-9-16(10-8-15)17-11-12-18(14-21)19(20)13-17/h3-4,11-13,15-16H,2,5-10H2,1H3. The van der Waals surface area contributed by atoms with Crippen molar-refractivity contribution in [2.45, 2.75) is 57.8 Å². The molecule has 1 nitrogen and oxygen atoms in total. The Balaban J connectivity index is 1.85. The van der Waals surface area contributed by atoms with E-state index < -0.39 is 0 Å². The molecule has 0 heterocycles. The van der Waals surface area contributed by atoms with Crippen LogP contribution in [0.25, 0.3) is 0 Å². The summed E-state index contributed by atoms with van der Waals surface area (Å²) in [5.41, 5.74) is 1.21. The molecule has 1 aromatic rings. The molecule has 1 aliphatic carbocycles. The first kappa shape index (κ1) is 15.8. The first-order valence-corrected chi connectivity index (χ1v) is 8.09. The van der Waals surface area contributed by atoms with Gasteiger partial charge in [-0.2, -0.15) is 5.26 Å². The van der Waals surface area contributed by atoms with Gasteiger partial charge in [-0.15, -0.1) is 0 Å². The van der Waals surface area contributed by atoms with Crippen LogP contribution in [-0.4, -0.2) is 0 Å². The molecule has 1 aliphatic rings. The van der Waals surface area contributed by atoms with Crippen LogP contribution in [0.5, 0.6) is 0 Å².